The molecule has 5 aromatic heterocycles. The molecule has 0 bridgehead atoms. The van der Waals surface area contributed by atoms with Gasteiger partial charge in [0.05, 0.1) is 163 Å². The molecule has 4 N–H and O–H groups in total. The van der Waals surface area contributed by atoms with Crippen LogP contribution in [-0.4, -0.2) is 120 Å². The molecule has 0 saturated carbocycles. The van der Waals surface area contributed by atoms with Gasteiger partial charge in [0.1, 0.15) is 126 Å². The summed E-state index contributed by atoms with van der Waals surface area (Å²) in [5.74, 6) is 1.41. The number of nitrogens with one attached hydrogen (secondary N) is 4. The molecular formula is C72H52Br3F3N18O10. The van der Waals surface area contributed by atoms with Crippen molar-refractivity contribution in [3.05, 3.63) is 202 Å². The molecule has 0 aliphatic carbocycles. The number of fused-ring (bicyclic) bond motifs is 5. The van der Waals surface area contributed by atoms with Gasteiger partial charge in [-0.1, -0.05) is 0 Å². The van der Waals surface area contributed by atoms with Crippen LogP contribution >= 0.6 is 47.8 Å². The summed E-state index contributed by atoms with van der Waals surface area (Å²) in [5, 5.41) is 105. The topological polar surface area (TPSA) is 431 Å². The quantitative estimate of drug-likeness (QED) is 0.0924. The van der Waals surface area contributed by atoms with Gasteiger partial charge in [0.15, 0.2) is 12.6 Å². The van der Waals surface area contributed by atoms with Gasteiger partial charge in [-0.3, -0.25) is 34.7 Å². The molecule has 0 atom stereocenters. The van der Waals surface area contributed by atoms with Gasteiger partial charge in [-0.15, -0.1) is 0 Å². The highest BCUT2D eigenvalue weighted by Crippen LogP contribution is 2.35. The van der Waals surface area contributed by atoms with E-state index in [1.165, 1.54) is 59.8 Å². The van der Waals surface area contributed by atoms with Crippen molar-refractivity contribution in [1.29, 1.82) is 42.1 Å². The van der Waals surface area contributed by atoms with Crippen molar-refractivity contribution >= 4 is 115 Å². The van der Waals surface area contributed by atoms with Crippen LogP contribution < -0.4 is 37.9 Å². The number of hydrogen-bond acceptors (Lipinski definition) is 23. The first-order chi connectivity index (χ1) is 51.1. The number of methoxy groups -OCH3 is 8. The minimum atomic E-state index is -0.689. The summed E-state index contributed by atoms with van der Waals surface area (Å²) < 4.78 is 82.1. The fourth-order valence-electron chi connectivity index (χ4n) is 9.30. The number of rotatable bonds is 10. The van der Waals surface area contributed by atoms with Crippen LogP contribution in [0.2, 0.25) is 0 Å². The van der Waals surface area contributed by atoms with Crippen molar-refractivity contribution in [2.24, 2.45) is 7.05 Å². The number of nitriles is 8. The van der Waals surface area contributed by atoms with Crippen LogP contribution in [0.1, 0.15) is 65.2 Å². The first kappa shape index (κ1) is 81.0. The van der Waals surface area contributed by atoms with E-state index in [9.17, 15) is 22.8 Å². The summed E-state index contributed by atoms with van der Waals surface area (Å²) >= 11 is 9.97. The van der Waals surface area contributed by atoms with E-state index in [0.717, 1.165) is 86.5 Å². The van der Waals surface area contributed by atoms with E-state index in [2.05, 4.69) is 124 Å². The summed E-state index contributed by atoms with van der Waals surface area (Å²) in [5.41, 5.74) is 7.05. The molecule has 532 valence electrons. The lowest BCUT2D eigenvalue weighted by atomic mass is 10.1. The van der Waals surface area contributed by atoms with E-state index in [1.54, 1.807) is 99.1 Å². The number of nitrogens with zero attached hydrogens (tertiary/aromatic N) is 14. The van der Waals surface area contributed by atoms with E-state index in [-0.39, 0.29) is 39.5 Å². The lowest BCUT2D eigenvalue weighted by Gasteiger charge is -2.05. The lowest BCUT2D eigenvalue weighted by Crippen LogP contribution is -1.97. The standard InChI is InChI=1S/C10H8BrN3O.2C9H6BrN3O.2C9H6FNO2.2C9H7N3O.C8H6FNO/c1-14-8-4-9(15-2)6(5-12)3-7(8)10(11)13-14;1-14-8-3-7-6(2-5(8)4-11)9(10)13-12-7;1-14-8-5(4-11)2-3-6-7(8)9(10)13-12-6;1-13-9-3-8(10)7(5-12)2-6(9)4-11;1-13-9-6(4-11)2-3-8(10)7(9)5-12;1-13-9-3-8-7(5-11-12-8)2-6(9)4-10;1-13-9-6(4-10)2-3-8-7(9)5-11-12-8;1-11-8-4-7(9)3-2-6(8)5-10/h3-4H,1-2H3;2*2-3H,1H3,(H,12,13);2*2-3,5H,1H3;2*2-3,5H,1H3,(H,11,12);2-4H,1H3. The van der Waals surface area contributed by atoms with Gasteiger partial charge in [0.25, 0.3) is 0 Å². The Labute approximate surface area is 625 Å². The van der Waals surface area contributed by atoms with Crippen molar-refractivity contribution in [2.45, 2.75) is 0 Å². The number of H-pyrrole nitrogens is 4. The number of carbonyl (C=O) groups excluding carboxylic acids is 2. The molecule has 0 amide bonds. The Balaban J connectivity index is 0.000000190. The van der Waals surface area contributed by atoms with Crippen molar-refractivity contribution in [2.75, 3.05) is 56.9 Å². The highest BCUT2D eigenvalue weighted by Gasteiger charge is 2.17. The Morgan fingerprint density at radius 2 is 0.906 bits per heavy atom. The summed E-state index contributed by atoms with van der Waals surface area (Å²) in [6.45, 7) is 0. The highest BCUT2D eigenvalue weighted by atomic mass is 79.9. The molecule has 34 heteroatoms. The third kappa shape index (κ3) is 19.3. The summed E-state index contributed by atoms with van der Waals surface area (Å²) in [6.07, 6.45) is 4.01. The average Bonchev–Trinajstić information content (AvgIpc) is 1.65. The van der Waals surface area contributed by atoms with Gasteiger partial charge in [-0.05, 0) is 121 Å². The molecule has 0 aliphatic heterocycles. The largest absolute Gasteiger partial charge is 0.495 e. The maximum Gasteiger partial charge on any atom is 0.156 e. The molecule has 0 spiro atoms. The molecule has 13 rings (SSSR count). The third-order valence-electron chi connectivity index (χ3n) is 14.4. The number of aromatic amines is 4. The number of hydrogen-bond donors (Lipinski definition) is 4. The second-order valence-corrected chi connectivity index (χ2v) is 22.6. The Morgan fingerprint density at radius 3 is 1.49 bits per heavy atom. The van der Waals surface area contributed by atoms with E-state index >= 15 is 0 Å². The summed E-state index contributed by atoms with van der Waals surface area (Å²) in [7, 11) is 13.6. The molecule has 5 heterocycles. The summed E-state index contributed by atoms with van der Waals surface area (Å²) in [6, 6.07) is 41.7. The van der Waals surface area contributed by atoms with Crippen molar-refractivity contribution in [3.8, 4) is 94.5 Å². The minimum absolute atomic E-state index is 0.0162. The van der Waals surface area contributed by atoms with E-state index in [1.807, 2.05) is 25.2 Å². The molecule has 0 radical (unpaired) electrons. The molecule has 0 aliphatic rings. The zero-order valence-electron chi connectivity index (χ0n) is 56.7. The van der Waals surface area contributed by atoms with Crippen LogP contribution in [0.5, 0.6) is 46.0 Å². The van der Waals surface area contributed by atoms with Gasteiger partial charge in [-0.2, -0.15) is 67.6 Å². The van der Waals surface area contributed by atoms with Crippen molar-refractivity contribution < 1.29 is 60.7 Å². The van der Waals surface area contributed by atoms with Crippen molar-refractivity contribution in [3.63, 3.8) is 0 Å². The summed E-state index contributed by atoms with van der Waals surface area (Å²) in [4.78, 5) is 20.8. The second-order valence-electron chi connectivity index (χ2n) is 20.2. The number of carbonyl (C=O) groups is 2. The predicted molar refractivity (Wildman–Crippen MR) is 388 cm³/mol. The number of aryl methyl sites for hydroxylation is 1. The van der Waals surface area contributed by atoms with Gasteiger partial charge in [0.2, 0.25) is 0 Å². The molecule has 8 aromatic carbocycles. The van der Waals surface area contributed by atoms with Crippen LogP contribution in [0.3, 0.4) is 0 Å². The van der Waals surface area contributed by atoms with Crippen LogP contribution in [0.25, 0.3) is 54.5 Å². The number of benzene rings is 8. The SMILES string of the molecule is COc1c(C#N)ccc(F)c1C=O.COc1c(C#N)ccc2[nH]ncc12.COc1c(C#N)ccc2n[nH]c(Br)c12.COc1cc(F)c(C=O)cc1C#N.COc1cc(F)ccc1C#N.COc1cc2[nH]ncc2cc1C#N.COc1cc2c(cc1C#N)c(Br)nn2C.COc1cc2n[nH]c(Br)c2cc1C#N. The third-order valence-corrected chi connectivity index (χ3v) is 16.1. The molecule has 13 aromatic rings. The molecule has 0 unspecified atom stereocenters. The van der Waals surface area contributed by atoms with Crippen LogP contribution in [-0.2, 0) is 7.05 Å². The molecule has 28 nitrogen and oxygen atoms in total. The molecule has 0 fully saturated rings. The first-order valence-electron chi connectivity index (χ1n) is 29.5. The number of halogens is 6. The van der Waals surface area contributed by atoms with E-state index in [0.29, 0.717) is 74.7 Å². The van der Waals surface area contributed by atoms with Gasteiger partial charge < -0.3 is 37.9 Å². The normalized spacial score (nSPS) is 9.65. The molecule has 0 saturated heterocycles. The monoisotopic (exact) mass is 1620 g/mol. The molecular weight excluding hydrogens is 1570 g/mol. The fraction of sp³-hybridized carbons (Fsp3) is 0.125. The number of ether oxygens (including phenoxy) is 8. The lowest BCUT2D eigenvalue weighted by molar-refractivity contribution is 0.111. The van der Waals surface area contributed by atoms with Crippen molar-refractivity contribution in [1.82, 2.24) is 50.6 Å². The Bertz CT molecular complexity index is 5710. The van der Waals surface area contributed by atoms with Gasteiger partial charge in [0, 0.05) is 53.5 Å². The van der Waals surface area contributed by atoms with Crippen LogP contribution in [0.4, 0.5) is 13.2 Å². The smallest absolute Gasteiger partial charge is 0.156 e. The van der Waals surface area contributed by atoms with Crippen LogP contribution in [0.15, 0.2) is 129 Å². The van der Waals surface area contributed by atoms with Crippen LogP contribution in [0, 0.1) is 108 Å². The maximum atomic E-state index is 12.9. The maximum absolute atomic E-state index is 12.9. The van der Waals surface area contributed by atoms with E-state index < -0.39 is 17.5 Å². The Morgan fingerprint density at radius 1 is 0.425 bits per heavy atom. The van der Waals surface area contributed by atoms with E-state index in [4.69, 9.17) is 80.0 Å². The minimum Gasteiger partial charge on any atom is -0.495 e. The first-order valence-corrected chi connectivity index (χ1v) is 31.9. The number of aldehydes is 2. The zero-order chi connectivity index (χ0) is 77.7. The zero-order valence-corrected chi connectivity index (χ0v) is 61.5. The van der Waals surface area contributed by atoms with Gasteiger partial charge >= 0.3 is 0 Å². The Hall–Kier alpha value is -14.0. The highest BCUT2D eigenvalue weighted by molar-refractivity contribution is 9.11. The average molecular weight is 1630 g/mol. The predicted octanol–water partition coefficient (Wildman–Crippen LogP) is 14.3. The molecule has 106 heavy (non-hydrogen) atoms. The Kier molecular flexibility index (Phi) is 30.0. The number of aromatic nitrogens is 10. The second kappa shape index (κ2) is 39.3. The van der Waals surface area contributed by atoms with Gasteiger partial charge in [-0.25, -0.2) is 13.2 Å². The fourth-order valence-corrected chi connectivity index (χ4v) is 10.7.